The van der Waals surface area contributed by atoms with Gasteiger partial charge in [-0.2, -0.15) is 0 Å². The molecule has 0 spiro atoms. The molecule has 0 aromatic heterocycles. The Kier molecular flexibility index (Phi) is 4.32. The van der Waals surface area contributed by atoms with Crippen molar-refractivity contribution in [1.29, 1.82) is 0 Å². The van der Waals surface area contributed by atoms with E-state index in [0.29, 0.717) is 15.6 Å². The molecule has 0 aliphatic heterocycles. The molecule has 2 aromatic rings. The van der Waals surface area contributed by atoms with Crippen LogP contribution in [-0.4, -0.2) is 5.78 Å². The lowest BCUT2D eigenvalue weighted by atomic mass is 10.0. The molecule has 0 amide bonds. The Morgan fingerprint density at radius 2 is 1.89 bits per heavy atom. The molecule has 0 saturated heterocycles. The van der Waals surface area contributed by atoms with E-state index in [1.54, 1.807) is 6.07 Å². The Labute approximate surface area is 122 Å². The minimum Gasteiger partial charge on any atom is -0.294 e. The van der Waals surface area contributed by atoms with Gasteiger partial charge in [-0.15, -0.1) is 0 Å². The highest BCUT2D eigenvalue weighted by molar-refractivity contribution is 9.10. The average Bonchev–Trinajstić information content (AvgIpc) is 2.31. The van der Waals surface area contributed by atoms with Crippen LogP contribution in [-0.2, 0) is 6.42 Å². The van der Waals surface area contributed by atoms with Gasteiger partial charge in [0.2, 0.25) is 0 Å². The molecule has 98 valence electrons. The van der Waals surface area contributed by atoms with Gasteiger partial charge in [-0.25, -0.2) is 8.78 Å². The Bertz CT molecular complexity index is 623. The van der Waals surface area contributed by atoms with Crippen LogP contribution in [0, 0.1) is 11.6 Å². The van der Waals surface area contributed by atoms with Crippen LogP contribution >= 0.6 is 27.5 Å². The second kappa shape index (κ2) is 5.80. The third-order valence-electron chi connectivity index (χ3n) is 2.53. The fourth-order valence-corrected chi connectivity index (χ4v) is 2.36. The summed E-state index contributed by atoms with van der Waals surface area (Å²) < 4.78 is 26.7. The number of halogens is 4. The summed E-state index contributed by atoms with van der Waals surface area (Å²) in [5, 5.41) is -0.105. The number of Topliss-reactive ketones (excluding diaryl/α,β-unsaturated/α-hetero) is 1. The number of rotatable bonds is 3. The van der Waals surface area contributed by atoms with Gasteiger partial charge in [-0.3, -0.25) is 4.79 Å². The molecular formula is C14H8BrClF2O. The van der Waals surface area contributed by atoms with E-state index < -0.39 is 11.6 Å². The molecule has 0 aliphatic carbocycles. The average molecular weight is 346 g/mol. The zero-order valence-corrected chi connectivity index (χ0v) is 11.9. The standard InChI is InChI=1S/C14H8BrClF2O/c15-10-3-8(4-11(17)7-10)5-14(19)9-1-2-13(18)12(16)6-9/h1-4,6-7H,5H2. The van der Waals surface area contributed by atoms with E-state index in [2.05, 4.69) is 15.9 Å². The molecular weight excluding hydrogens is 338 g/mol. The van der Waals surface area contributed by atoms with Crippen molar-refractivity contribution >= 4 is 33.3 Å². The fraction of sp³-hybridized carbons (Fsp3) is 0.0714. The van der Waals surface area contributed by atoms with Crippen LogP contribution in [0.2, 0.25) is 5.02 Å². The van der Waals surface area contributed by atoms with E-state index in [1.165, 1.54) is 24.3 Å². The molecule has 0 saturated carbocycles. The summed E-state index contributed by atoms with van der Waals surface area (Å²) in [5.74, 6) is -1.25. The van der Waals surface area contributed by atoms with Gasteiger partial charge in [0.05, 0.1) is 5.02 Å². The van der Waals surface area contributed by atoms with E-state index in [0.717, 1.165) is 6.07 Å². The molecule has 0 N–H and O–H groups in total. The van der Waals surface area contributed by atoms with Crippen LogP contribution in [0.15, 0.2) is 40.9 Å². The van der Waals surface area contributed by atoms with E-state index in [4.69, 9.17) is 11.6 Å². The van der Waals surface area contributed by atoms with Gasteiger partial charge >= 0.3 is 0 Å². The van der Waals surface area contributed by atoms with Crippen LogP contribution in [0.5, 0.6) is 0 Å². The van der Waals surface area contributed by atoms with Crippen molar-refractivity contribution in [2.45, 2.75) is 6.42 Å². The SMILES string of the molecule is O=C(Cc1cc(F)cc(Br)c1)c1ccc(F)c(Cl)c1. The topological polar surface area (TPSA) is 17.1 Å². The molecule has 0 fully saturated rings. The maximum absolute atomic E-state index is 13.2. The first-order chi connectivity index (χ1) is 8.95. The molecule has 0 aliphatic rings. The van der Waals surface area contributed by atoms with Gasteiger partial charge in [0.25, 0.3) is 0 Å². The van der Waals surface area contributed by atoms with Gasteiger partial charge < -0.3 is 0 Å². The highest BCUT2D eigenvalue weighted by Crippen LogP contribution is 2.19. The molecule has 1 nitrogen and oxygen atoms in total. The largest absolute Gasteiger partial charge is 0.294 e. The molecule has 0 unspecified atom stereocenters. The molecule has 2 aromatic carbocycles. The monoisotopic (exact) mass is 344 g/mol. The zero-order chi connectivity index (χ0) is 14.0. The smallest absolute Gasteiger partial charge is 0.167 e. The molecule has 0 radical (unpaired) electrons. The first-order valence-corrected chi connectivity index (χ1v) is 6.56. The number of ketones is 1. The zero-order valence-electron chi connectivity index (χ0n) is 9.59. The summed E-state index contributed by atoms with van der Waals surface area (Å²) in [6.45, 7) is 0. The summed E-state index contributed by atoms with van der Waals surface area (Å²) in [6, 6.07) is 8.02. The predicted molar refractivity (Wildman–Crippen MR) is 73.5 cm³/mol. The lowest BCUT2D eigenvalue weighted by Gasteiger charge is -2.04. The minimum atomic E-state index is -0.577. The molecule has 2 rings (SSSR count). The van der Waals surface area contributed by atoms with Gasteiger partial charge in [-0.05, 0) is 42.0 Å². The maximum atomic E-state index is 13.2. The highest BCUT2D eigenvalue weighted by Gasteiger charge is 2.11. The van der Waals surface area contributed by atoms with Crippen molar-refractivity contribution < 1.29 is 13.6 Å². The van der Waals surface area contributed by atoms with Crippen LogP contribution in [0.25, 0.3) is 0 Å². The number of benzene rings is 2. The maximum Gasteiger partial charge on any atom is 0.167 e. The Balaban J connectivity index is 2.22. The minimum absolute atomic E-state index is 0.0261. The third kappa shape index (κ3) is 3.61. The number of carbonyl (C=O) groups excluding carboxylic acids is 1. The third-order valence-corrected chi connectivity index (χ3v) is 3.28. The van der Waals surface area contributed by atoms with E-state index in [9.17, 15) is 13.6 Å². The normalized spacial score (nSPS) is 10.5. The van der Waals surface area contributed by atoms with Gasteiger partial charge in [-0.1, -0.05) is 27.5 Å². The molecule has 19 heavy (non-hydrogen) atoms. The molecule has 0 atom stereocenters. The lowest BCUT2D eigenvalue weighted by Crippen LogP contribution is -2.04. The van der Waals surface area contributed by atoms with E-state index in [1.807, 2.05) is 0 Å². The quantitative estimate of drug-likeness (QED) is 0.730. The summed E-state index contributed by atoms with van der Waals surface area (Å²) >= 11 is 8.77. The first-order valence-electron chi connectivity index (χ1n) is 5.39. The van der Waals surface area contributed by atoms with Crippen LogP contribution in [0.4, 0.5) is 8.78 Å². The van der Waals surface area contributed by atoms with Crippen LogP contribution in [0.1, 0.15) is 15.9 Å². The summed E-state index contributed by atoms with van der Waals surface area (Å²) in [5.41, 5.74) is 0.837. The van der Waals surface area contributed by atoms with Crippen molar-refractivity contribution in [3.63, 3.8) is 0 Å². The molecule has 0 bridgehead atoms. The van der Waals surface area contributed by atoms with Crippen molar-refractivity contribution in [2.75, 3.05) is 0 Å². The summed E-state index contributed by atoms with van der Waals surface area (Å²) in [7, 11) is 0. The highest BCUT2D eigenvalue weighted by atomic mass is 79.9. The van der Waals surface area contributed by atoms with Gasteiger partial charge in [0.15, 0.2) is 5.78 Å². The fourth-order valence-electron chi connectivity index (χ4n) is 1.67. The van der Waals surface area contributed by atoms with Crippen LogP contribution in [0.3, 0.4) is 0 Å². The van der Waals surface area contributed by atoms with Crippen molar-refractivity contribution in [3.8, 4) is 0 Å². The number of hydrogen-bond acceptors (Lipinski definition) is 1. The summed E-state index contributed by atoms with van der Waals surface area (Å²) in [4.78, 5) is 12.0. The van der Waals surface area contributed by atoms with E-state index >= 15 is 0 Å². The Morgan fingerprint density at radius 1 is 1.16 bits per heavy atom. The summed E-state index contributed by atoms with van der Waals surface area (Å²) in [6.07, 6.45) is 0.0261. The second-order valence-electron chi connectivity index (χ2n) is 4.01. The second-order valence-corrected chi connectivity index (χ2v) is 5.33. The predicted octanol–water partition coefficient (Wildman–Crippen LogP) is 4.81. The number of hydrogen-bond donors (Lipinski definition) is 0. The lowest BCUT2D eigenvalue weighted by molar-refractivity contribution is 0.0993. The molecule has 5 heteroatoms. The van der Waals surface area contributed by atoms with E-state index in [-0.39, 0.29) is 17.2 Å². The van der Waals surface area contributed by atoms with Crippen molar-refractivity contribution in [2.24, 2.45) is 0 Å². The van der Waals surface area contributed by atoms with Gasteiger partial charge in [0, 0.05) is 16.5 Å². The van der Waals surface area contributed by atoms with Crippen molar-refractivity contribution in [3.05, 3.63) is 68.7 Å². The molecule has 0 heterocycles. The first kappa shape index (κ1) is 14.2. The van der Waals surface area contributed by atoms with Crippen molar-refractivity contribution in [1.82, 2.24) is 0 Å². The van der Waals surface area contributed by atoms with Crippen LogP contribution < -0.4 is 0 Å². The number of carbonyl (C=O) groups is 1. The van der Waals surface area contributed by atoms with Gasteiger partial charge in [0.1, 0.15) is 11.6 Å². The Morgan fingerprint density at radius 3 is 2.53 bits per heavy atom. The Hall–Kier alpha value is -1.26.